The molecule has 2 amide bonds. The van der Waals surface area contributed by atoms with Crippen LogP contribution in [0.2, 0.25) is 0 Å². The van der Waals surface area contributed by atoms with Gasteiger partial charge in [-0.1, -0.05) is 13.8 Å². The minimum Gasteiger partial charge on any atom is -0.384 e. The molecule has 1 unspecified atom stereocenters. The Balaban J connectivity index is 3.95. The van der Waals surface area contributed by atoms with E-state index in [2.05, 4.69) is 10.6 Å². The normalized spacial score (nSPS) is 12.8. The minimum atomic E-state index is -1.16. The molecule has 3 N–H and O–H groups in total. The summed E-state index contributed by atoms with van der Waals surface area (Å²) in [5.74, 6) is 0.274. The number of nitrogens with one attached hydrogen (secondary N) is 2. The number of thioether (sulfide) groups is 1. The van der Waals surface area contributed by atoms with E-state index in [9.17, 15) is 14.7 Å². The molecule has 0 radical (unpaired) electrons. The van der Waals surface area contributed by atoms with Crippen molar-refractivity contribution in [2.24, 2.45) is 5.41 Å². The van der Waals surface area contributed by atoms with E-state index in [-0.39, 0.29) is 25.5 Å². The van der Waals surface area contributed by atoms with E-state index < -0.39 is 17.4 Å². The summed E-state index contributed by atoms with van der Waals surface area (Å²) in [6, 6.07) is 0. The Kier molecular flexibility index (Phi) is 9.62. The van der Waals surface area contributed by atoms with Crippen LogP contribution in [-0.2, 0) is 14.3 Å². The smallest absolute Gasteiger partial charge is 0.249 e. The second kappa shape index (κ2) is 10.0. The summed E-state index contributed by atoms with van der Waals surface area (Å²) in [5, 5.41) is 15.2. The van der Waals surface area contributed by atoms with Crippen LogP contribution in [0, 0.1) is 5.41 Å². The van der Waals surface area contributed by atoms with Gasteiger partial charge in [0.05, 0.1) is 6.61 Å². The molecule has 0 rings (SSSR count). The standard InChI is InChI=1S/C13H26N2O4S/c1-13(2,9-19-3)11(17)12(18)15-6-5-10(16)14-7-8-20-4/h11,17H,5-9H2,1-4H3,(H,14,16)(H,15,18). The van der Waals surface area contributed by atoms with Gasteiger partial charge in [-0.25, -0.2) is 0 Å². The van der Waals surface area contributed by atoms with Crippen LogP contribution in [0.25, 0.3) is 0 Å². The van der Waals surface area contributed by atoms with Crippen LogP contribution in [0.1, 0.15) is 20.3 Å². The molecule has 0 aliphatic carbocycles. The lowest BCUT2D eigenvalue weighted by atomic mass is 9.87. The van der Waals surface area contributed by atoms with Crippen molar-refractivity contribution in [3.63, 3.8) is 0 Å². The van der Waals surface area contributed by atoms with Crippen LogP contribution in [0.15, 0.2) is 0 Å². The van der Waals surface area contributed by atoms with Crippen LogP contribution < -0.4 is 10.6 Å². The Morgan fingerprint density at radius 1 is 1.30 bits per heavy atom. The summed E-state index contributed by atoms with van der Waals surface area (Å²) in [5.41, 5.74) is -0.667. The van der Waals surface area contributed by atoms with E-state index in [0.717, 1.165) is 5.75 Å². The second-order valence-electron chi connectivity index (χ2n) is 5.21. The second-order valence-corrected chi connectivity index (χ2v) is 6.19. The van der Waals surface area contributed by atoms with Crippen molar-refractivity contribution in [3.05, 3.63) is 0 Å². The fourth-order valence-electron chi connectivity index (χ4n) is 1.58. The summed E-state index contributed by atoms with van der Waals surface area (Å²) in [4.78, 5) is 23.2. The van der Waals surface area contributed by atoms with Gasteiger partial charge in [-0.2, -0.15) is 11.8 Å². The molecule has 0 saturated heterocycles. The van der Waals surface area contributed by atoms with Gasteiger partial charge in [0.15, 0.2) is 0 Å². The molecule has 118 valence electrons. The Morgan fingerprint density at radius 2 is 1.95 bits per heavy atom. The van der Waals surface area contributed by atoms with Gasteiger partial charge in [0, 0.05) is 37.8 Å². The van der Waals surface area contributed by atoms with Crippen molar-refractivity contribution in [3.8, 4) is 0 Å². The summed E-state index contributed by atoms with van der Waals surface area (Å²) in [6.07, 6.45) is 1.01. The Morgan fingerprint density at radius 3 is 2.50 bits per heavy atom. The summed E-state index contributed by atoms with van der Waals surface area (Å²) < 4.78 is 4.97. The molecule has 20 heavy (non-hydrogen) atoms. The highest BCUT2D eigenvalue weighted by Crippen LogP contribution is 2.20. The maximum atomic E-state index is 11.8. The molecule has 0 fully saturated rings. The molecule has 0 saturated carbocycles. The van der Waals surface area contributed by atoms with Crippen LogP contribution in [0.5, 0.6) is 0 Å². The first-order valence-corrected chi connectivity index (χ1v) is 7.95. The molecule has 1 atom stereocenters. The highest BCUT2D eigenvalue weighted by Gasteiger charge is 2.33. The summed E-state index contributed by atoms with van der Waals surface area (Å²) >= 11 is 1.65. The predicted molar refractivity (Wildman–Crippen MR) is 80.7 cm³/mol. The molecule has 0 aliphatic heterocycles. The number of amides is 2. The first-order chi connectivity index (χ1) is 9.35. The van der Waals surface area contributed by atoms with Gasteiger partial charge in [0.1, 0.15) is 6.10 Å². The van der Waals surface area contributed by atoms with E-state index in [1.807, 2.05) is 6.26 Å². The van der Waals surface area contributed by atoms with Gasteiger partial charge >= 0.3 is 0 Å². The summed E-state index contributed by atoms with van der Waals surface area (Å²) in [7, 11) is 1.52. The zero-order chi connectivity index (χ0) is 15.6. The fourth-order valence-corrected chi connectivity index (χ4v) is 1.89. The predicted octanol–water partition coefficient (Wildman–Crippen LogP) is 0.00540. The molecule has 0 aromatic heterocycles. The highest BCUT2D eigenvalue weighted by atomic mass is 32.2. The number of aliphatic hydroxyl groups is 1. The topological polar surface area (TPSA) is 87.7 Å². The SMILES string of the molecule is COCC(C)(C)C(O)C(=O)NCCC(=O)NCCSC. The van der Waals surface area contributed by atoms with Gasteiger partial charge < -0.3 is 20.5 Å². The van der Waals surface area contributed by atoms with Crippen molar-refractivity contribution in [2.75, 3.05) is 38.8 Å². The number of ether oxygens (including phenoxy) is 1. The number of carbonyl (C=O) groups excluding carboxylic acids is 2. The number of carbonyl (C=O) groups is 2. The van der Waals surface area contributed by atoms with E-state index in [4.69, 9.17) is 4.74 Å². The number of aliphatic hydroxyl groups excluding tert-OH is 1. The zero-order valence-corrected chi connectivity index (χ0v) is 13.5. The zero-order valence-electron chi connectivity index (χ0n) is 12.7. The molecule has 0 heterocycles. The van der Waals surface area contributed by atoms with Gasteiger partial charge in [-0.05, 0) is 6.26 Å². The molecule has 7 heteroatoms. The van der Waals surface area contributed by atoms with Gasteiger partial charge in [0.25, 0.3) is 0 Å². The van der Waals surface area contributed by atoms with Crippen molar-refractivity contribution in [1.82, 2.24) is 10.6 Å². The monoisotopic (exact) mass is 306 g/mol. The lowest BCUT2D eigenvalue weighted by Gasteiger charge is -2.28. The van der Waals surface area contributed by atoms with Crippen molar-refractivity contribution in [1.29, 1.82) is 0 Å². The molecule has 0 spiro atoms. The van der Waals surface area contributed by atoms with Gasteiger partial charge in [-0.15, -0.1) is 0 Å². The van der Waals surface area contributed by atoms with E-state index in [1.54, 1.807) is 25.6 Å². The molecule has 0 bridgehead atoms. The third-order valence-corrected chi connectivity index (χ3v) is 3.40. The number of methoxy groups -OCH3 is 1. The van der Waals surface area contributed by atoms with Crippen LogP contribution in [0.3, 0.4) is 0 Å². The maximum absolute atomic E-state index is 11.8. The van der Waals surface area contributed by atoms with Crippen molar-refractivity contribution in [2.45, 2.75) is 26.4 Å². The first kappa shape index (κ1) is 19.2. The van der Waals surface area contributed by atoms with Crippen molar-refractivity contribution >= 4 is 23.6 Å². The number of hydrogen-bond donors (Lipinski definition) is 3. The molecular formula is C13H26N2O4S. The van der Waals surface area contributed by atoms with Gasteiger partial charge in [-0.3, -0.25) is 9.59 Å². The largest absolute Gasteiger partial charge is 0.384 e. The average Bonchev–Trinajstić information content (AvgIpc) is 2.38. The minimum absolute atomic E-state index is 0.106. The summed E-state index contributed by atoms with van der Waals surface area (Å²) in [6.45, 7) is 4.60. The number of rotatable bonds is 10. The van der Waals surface area contributed by atoms with E-state index >= 15 is 0 Å². The maximum Gasteiger partial charge on any atom is 0.249 e. The molecule has 0 aliphatic rings. The van der Waals surface area contributed by atoms with Crippen LogP contribution in [0.4, 0.5) is 0 Å². The van der Waals surface area contributed by atoms with Crippen LogP contribution in [-0.4, -0.2) is 61.8 Å². The highest BCUT2D eigenvalue weighted by molar-refractivity contribution is 7.98. The quantitative estimate of drug-likeness (QED) is 0.495. The third kappa shape index (κ3) is 7.72. The lowest BCUT2D eigenvalue weighted by molar-refractivity contribution is -0.137. The van der Waals surface area contributed by atoms with E-state index in [1.165, 1.54) is 7.11 Å². The molecule has 0 aromatic rings. The fraction of sp³-hybridized carbons (Fsp3) is 0.846. The molecule has 6 nitrogen and oxygen atoms in total. The van der Waals surface area contributed by atoms with Crippen LogP contribution >= 0.6 is 11.8 Å². The first-order valence-electron chi connectivity index (χ1n) is 6.55. The van der Waals surface area contributed by atoms with Gasteiger partial charge in [0.2, 0.25) is 11.8 Å². The lowest BCUT2D eigenvalue weighted by Crippen LogP contribution is -2.46. The number of hydrogen-bond acceptors (Lipinski definition) is 5. The Bertz CT molecular complexity index is 311. The Labute approximate surface area is 125 Å². The van der Waals surface area contributed by atoms with Crippen molar-refractivity contribution < 1.29 is 19.4 Å². The Hall–Kier alpha value is -0.790. The van der Waals surface area contributed by atoms with E-state index in [0.29, 0.717) is 6.54 Å². The molecular weight excluding hydrogens is 280 g/mol. The third-order valence-electron chi connectivity index (χ3n) is 2.78. The average molecular weight is 306 g/mol. The molecule has 0 aromatic carbocycles.